The molecule has 24 heavy (non-hydrogen) atoms. The fraction of sp³-hybridized carbons (Fsp3) is 0.895. The number of nitrogens with one attached hydrogen (secondary N) is 2. The van der Waals surface area contributed by atoms with Crippen molar-refractivity contribution in [1.82, 2.24) is 15.5 Å². The summed E-state index contributed by atoms with van der Waals surface area (Å²) in [7, 11) is 0. The van der Waals surface area contributed by atoms with Crippen LogP contribution in [0.25, 0.3) is 0 Å². The number of carbonyl (C=O) groups is 1. The number of nitrogens with zero attached hydrogens (tertiary/aromatic N) is 2. The highest BCUT2D eigenvalue weighted by Gasteiger charge is 2.27. The molecule has 1 heterocycles. The Kier molecular flexibility index (Phi) is 9.80. The average molecular weight is 339 g/mol. The highest BCUT2D eigenvalue weighted by Crippen LogP contribution is 2.14. The van der Waals surface area contributed by atoms with E-state index in [0.717, 1.165) is 38.6 Å². The van der Waals surface area contributed by atoms with Gasteiger partial charge in [-0.1, -0.05) is 47.0 Å². The Morgan fingerprint density at radius 2 is 2.04 bits per heavy atom. The quantitative estimate of drug-likeness (QED) is 0.502. The molecule has 1 saturated heterocycles. The molecule has 1 amide bonds. The monoisotopic (exact) mass is 338 g/mol. The number of hydrogen-bond donors (Lipinski definition) is 2. The number of carbonyl (C=O) groups excluding carboxylic acids is 1. The Balaban J connectivity index is 2.53. The molecule has 5 heteroatoms. The standard InChI is InChI=1S/C19H38N4O/c1-6-9-10-16(7-2)13-21-19(20-8-3)22-17-11-12-23(14-17)18(24)15(4)5/h15-17H,6-14H2,1-5H3,(H2,20,21,22). The lowest BCUT2D eigenvalue weighted by Crippen LogP contribution is -2.45. The van der Waals surface area contributed by atoms with Crippen molar-refractivity contribution in [3.8, 4) is 0 Å². The third-order valence-electron chi connectivity index (χ3n) is 4.73. The molecule has 0 spiro atoms. The van der Waals surface area contributed by atoms with Crippen LogP contribution in [0.4, 0.5) is 0 Å². The van der Waals surface area contributed by atoms with Crippen LogP contribution in [0.15, 0.2) is 4.99 Å². The van der Waals surface area contributed by atoms with Crippen molar-refractivity contribution in [2.24, 2.45) is 16.8 Å². The number of hydrogen-bond acceptors (Lipinski definition) is 2. The molecule has 0 aliphatic carbocycles. The van der Waals surface area contributed by atoms with Crippen LogP contribution in [0.2, 0.25) is 0 Å². The van der Waals surface area contributed by atoms with E-state index in [2.05, 4.69) is 31.4 Å². The van der Waals surface area contributed by atoms with Crippen molar-refractivity contribution in [2.75, 3.05) is 26.2 Å². The molecule has 1 fully saturated rings. The maximum Gasteiger partial charge on any atom is 0.225 e. The highest BCUT2D eigenvalue weighted by molar-refractivity contribution is 5.81. The summed E-state index contributed by atoms with van der Waals surface area (Å²) >= 11 is 0. The molecule has 140 valence electrons. The maximum atomic E-state index is 12.1. The van der Waals surface area contributed by atoms with E-state index >= 15 is 0 Å². The van der Waals surface area contributed by atoms with Gasteiger partial charge in [0.25, 0.3) is 0 Å². The summed E-state index contributed by atoms with van der Waals surface area (Å²) in [5.74, 6) is 1.90. The fourth-order valence-electron chi connectivity index (χ4n) is 3.09. The molecule has 1 aliphatic heterocycles. The van der Waals surface area contributed by atoms with Crippen molar-refractivity contribution < 1.29 is 4.79 Å². The number of likely N-dealkylation sites (tertiary alicyclic amines) is 1. The van der Waals surface area contributed by atoms with Gasteiger partial charge in [-0.2, -0.15) is 0 Å². The van der Waals surface area contributed by atoms with Crippen LogP contribution in [0.1, 0.15) is 66.7 Å². The molecular weight excluding hydrogens is 300 g/mol. The molecule has 1 rings (SSSR count). The topological polar surface area (TPSA) is 56.7 Å². The normalized spacial score (nSPS) is 19.7. The number of guanidine groups is 1. The Morgan fingerprint density at radius 1 is 1.29 bits per heavy atom. The van der Waals surface area contributed by atoms with Crippen molar-refractivity contribution in [3.63, 3.8) is 0 Å². The second-order valence-electron chi connectivity index (χ2n) is 7.21. The third kappa shape index (κ3) is 7.10. The lowest BCUT2D eigenvalue weighted by atomic mass is 10.00. The molecule has 1 aliphatic rings. The molecule has 2 unspecified atom stereocenters. The van der Waals surface area contributed by atoms with Gasteiger partial charge in [-0.15, -0.1) is 0 Å². The fourth-order valence-corrected chi connectivity index (χ4v) is 3.09. The second-order valence-corrected chi connectivity index (χ2v) is 7.21. The first-order chi connectivity index (χ1) is 11.5. The van der Waals surface area contributed by atoms with E-state index in [4.69, 9.17) is 4.99 Å². The van der Waals surface area contributed by atoms with Crippen LogP contribution in [-0.2, 0) is 4.79 Å². The van der Waals surface area contributed by atoms with Crippen molar-refractivity contribution in [1.29, 1.82) is 0 Å². The minimum absolute atomic E-state index is 0.0783. The van der Waals surface area contributed by atoms with Gasteiger partial charge in [0.2, 0.25) is 5.91 Å². The zero-order chi connectivity index (χ0) is 17.9. The molecule has 0 radical (unpaired) electrons. The van der Waals surface area contributed by atoms with Crippen LogP contribution in [0.5, 0.6) is 0 Å². The summed E-state index contributed by atoms with van der Waals surface area (Å²) in [6.07, 6.45) is 5.97. The first-order valence-electron chi connectivity index (χ1n) is 9.85. The Bertz CT molecular complexity index is 395. The van der Waals surface area contributed by atoms with Gasteiger partial charge in [0.05, 0.1) is 0 Å². The maximum absolute atomic E-state index is 12.1. The van der Waals surface area contributed by atoms with E-state index in [9.17, 15) is 4.79 Å². The third-order valence-corrected chi connectivity index (χ3v) is 4.73. The summed E-state index contributed by atoms with van der Waals surface area (Å²) < 4.78 is 0. The SMILES string of the molecule is CCCCC(CC)CN=C(NCC)NC1CCN(C(=O)C(C)C)C1. The second kappa shape index (κ2) is 11.3. The van der Waals surface area contributed by atoms with Crippen LogP contribution >= 0.6 is 0 Å². The van der Waals surface area contributed by atoms with E-state index in [0.29, 0.717) is 12.0 Å². The smallest absolute Gasteiger partial charge is 0.225 e. The molecule has 0 aromatic carbocycles. The molecular formula is C19H38N4O. The van der Waals surface area contributed by atoms with Crippen LogP contribution < -0.4 is 10.6 Å². The summed E-state index contributed by atoms with van der Waals surface area (Å²) in [6, 6.07) is 0.307. The van der Waals surface area contributed by atoms with Crippen molar-refractivity contribution in [2.45, 2.75) is 72.8 Å². The molecule has 0 aromatic heterocycles. The van der Waals surface area contributed by atoms with E-state index in [1.54, 1.807) is 0 Å². The van der Waals surface area contributed by atoms with Crippen molar-refractivity contribution >= 4 is 11.9 Å². The molecule has 0 saturated carbocycles. The van der Waals surface area contributed by atoms with Gasteiger partial charge in [-0.3, -0.25) is 9.79 Å². The summed E-state index contributed by atoms with van der Waals surface area (Å²) in [6.45, 7) is 13.9. The predicted octanol–water partition coefficient (Wildman–Crippen LogP) is 3.01. The van der Waals surface area contributed by atoms with Gasteiger partial charge in [0.1, 0.15) is 0 Å². The van der Waals surface area contributed by atoms with Crippen LogP contribution in [-0.4, -0.2) is 49.0 Å². The lowest BCUT2D eigenvalue weighted by molar-refractivity contribution is -0.133. The number of aliphatic imine (C=N–C) groups is 1. The minimum atomic E-state index is 0.0783. The van der Waals surface area contributed by atoms with Gasteiger partial charge in [-0.25, -0.2) is 0 Å². The molecule has 2 atom stereocenters. The molecule has 0 bridgehead atoms. The predicted molar refractivity (Wildman–Crippen MR) is 102 cm³/mol. The minimum Gasteiger partial charge on any atom is -0.357 e. The Hall–Kier alpha value is -1.26. The summed E-state index contributed by atoms with van der Waals surface area (Å²) in [5.41, 5.74) is 0. The first kappa shape index (κ1) is 20.8. The zero-order valence-corrected chi connectivity index (χ0v) is 16.4. The van der Waals surface area contributed by atoms with E-state index in [1.807, 2.05) is 18.7 Å². The number of rotatable bonds is 9. The van der Waals surface area contributed by atoms with Gasteiger partial charge in [-0.05, 0) is 25.7 Å². The Labute approximate surface area is 148 Å². The lowest BCUT2D eigenvalue weighted by Gasteiger charge is -2.21. The molecule has 2 N–H and O–H groups in total. The summed E-state index contributed by atoms with van der Waals surface area (Å²) in [5, 5.41) is 6.87. The average Bonchev–Trinajstić information content (AvgIpc) is 3.02. The first-order valence-corrected chi connectivity index (χ1v) is 9.85. The van der Waals surface area contributed by atoms with Gasteiger partial charge in [0.15, 0.2) is 5.96 Å². The van der Waals surface area contributed by atoms with E-state index < -0.39 is 0 Å². The van der Waals surface area contributed by atoms with E-state index in [1.165, 1.54) is 25.7 Å². The van der Waals surface area contributed by atoms with Gasteiger partial charge < -0.3 is 15.5 Å². The largest absolute Gasteiger partial charge is 0.357 e. The Morgan fingerprint density at radius 3 is 2.62 bits per heavy atom. The van der Waals surface area contributed by atoms with Crippen molar-refractivity contribution in [3.05, 3.63) is 0 Å². The van der Waals surface area contributed by atoms with E-state index in [-0.39, 0.29) is 11.8 Å². The molecule has 5 nitrogen and oxygen atoms in total. The zero-order valence-electron chi connectivity index (χ0n) is 16.4. The summed E-state index contributed by atoms with van der Waals surface area (Å²) in [4.78, 5) is 18.9. The molecule has 0 aromatic rings. The van der Waals surface area contributed by atoms with Gasteiger partial charge >= 0.3 is 0 Å². The highest BCUT2D eigenvalue weighted by atomic mass is 16.2. The van der Waals surface area contributed by atoms with Gasteiger partial charge in [0, 0.05) is 38.1 Å². The number of unbranched alkanes of at least 4 members (excludes halogenated alkanes) is 1. The van der Waals surface area contributed by atoms with Crippen LogP contribution in [0, 0.1) is 11.8 Å². The van der Waals surface area contributed by atoms with Crippen LogP contribution in [0.3, 0.4) is 0 Å². The number of amides is 1.